The zero-order valence-corrected chi connectivity index (χ0v) is 12.9. The molecule has 1 saturated heterocycles. The van der Waals surface area contributed by atoms with Crippen LogP contribution in [0.15, 0.2) is 12.3 Å². The summed E-state index contributed by atoms with van der Waals surface area (Å²) in [5, 5.41) is 22.3. The van der Waals surface area contributed by atoms with E-state index >= 15 is 0 Å². The number of carbonyl (C=O) groups is 1. The minimum atomic E-state index is -1.16. The number of rotatable bonds is 3. The van der Waals surface area contributed by atoms with Gasteiger partial charge in [-0.05, 0) is 13.0 Å². The van der Waals surface area contributed by atoms with Crippen LogP contribution in [0.25, 0.3) is 5.95 Å². The van der Waals surface area contributed by atoms with Crippen LogP contribution in [0.1, 0.15) is 27.8 Å². The van der Waals surface area contributed by atoms with Gasteiger partial charge in [0, 0.05) is 6.20 Å². The number of carboxylic acid groups (broad SMARTS) is 1. The van der Waals surface area contributed by atoms with Crippen molar-refractivity contribution in [2.45, 2.75) is 13.0 Å². The number of morpholine rings is 1. The van der Waals surface area contributed by atoms with E-state index in [2.05, 4.69) is 21.3 Å². The predicted octanol–water partition coefficient (Wildman–Crippen LogP) is 0.106. The summed E-state index contributed by atoms with van der Waals surface area (Å²) < 4.78 is 6.83. The summed E-state index contributed by atoms with van der Waals surface area (Å²) in [4.78, 5) is 21.3. The molecule has 24 heavy (non-hydrogen) atoms. The van der Waals surface area contributed by atoms with Crippen molar-refractivity contribution in [3.63, 3.8) is 0 Å². The SMILES string of the molecule is Cc1nn(-c2nccc(C3CN(C#N)CCO3)n2)c(N)c1C(=O)O. The first kappa shape index (κ1) is 15.7. The molecule has 1 unspecified atom stereocenters. The molecule has 1 aliphatic rings. The largest absolute Gasteiger partial charge is 0.477 e. The highest BCUT2D eigenvalue weighted by atomic mass is 16.5. The maximum Gasteiger partial charge on any atom is 0.341 e. The Labute approximate surface area is 137 Å². The fraction of sp³-hybridized carbons (Fsp3) is 0.357. The highest BCUT2D eigenvalue weighted by Gasteiger charge is 2.25. The van der Waals surface area contributed by atoms with Crippen LogP contribution in [0.2, 0.25) is 0 Å². The van der Waals surface area contributed by atoms with Crippen molar-refractivity contribution >= 4 is 11.8 Å². The minimum absolute atomic E-state index is 0.0413. The predicted molar refractivity (Wildman–Crippen MR) is 81.1 cm³/mol. The molecule has 0 bridgehead atoms. The molecule has 0 amide bonds. The molecule has 124 valence electrons. The molecule has 10 nitrogen and oxygen atoms in total. The molecule has 3 rings (SSSR count). The van der Waals surface area contributed by atoms with E-state index in [4.69, 9.17) is 15.7 Å². The van der Waals surface area contributed by atoms with E-state index in [0.717, 1.165) is 0 Å². The third-order valence-electron chi connectivity index (χ3n) is 3.70. The summed E-state index contributed by atoms with van der Waals surface area (Å²) in [6, 6.07) is 1.68. The van der Waals surface area contributed by atoms with E-state index in [1.165, 1.54) is 10.9 Å². The van der Waals surface area contributed by atoms with Crippen molar-refractivity contribution in [2.24, 2.45) is 0 Å². The lowest BCUT2D eigenvalue weighted by Gasteiger charge is -2.28. The highest BCUT2D eigenvalue weighted by Crippen LogP contribution is 2.22. The lowest BCUT2D eigenvalue weighted by molar-refractivity contribution is -0.0134. The highest BCUT2D eigenvalue weighted by molar-refractivity contribution is 5.94. The Kier molecular flexibility index (Phi) is 4.01. The van der Waals surface area contributed by atoms with Gasteiger partial charge in [-0.2, -0.15) is 15.0 Å². The molecule has 1 atom stereocenters. The van der Waals surface area contributed by atoms with Gasteiger partial charge in [0.05, 0.1) is 31.1 Å². The maximum absolute atomic E-state index is 11.2. The molecule has 1 fully saturated rings. The van der Waals surface area contributed by atoms with Gasteiger partial charge in [-0.3, -0.25) is 0 Å². The molecule has 0 spiro atoms. The summed E-state index contributed by atoms with van der Waals surface area (Å²) in [5.41, 5.74) is 6.64. The van der Waals surface area contributed by atoms with Crippen molar-refractivity contribution in [3.8, 4) is 12.1 Å². The number of carboxylic acids is 1. The van der Waals surface area contributed by atoms with E-state index < -0.39 is 5.97 Å². The van der Waals surface area contributed by atoms with Crippen LogP contribution in [-0.4, -0.2) is 55.4 Å². The summed E-state index contributed by atoms with van der Waals surface area (Å²) in [7, 11) is 0. The third-order valence-corrected chi connectivity index (χ3v) is 3.70. The summed E-state index contributed by atoms with van der Waals surface area (Å²) in [6.45, 7) is 2.90. The Morgan fingerprint density at radius 1 is 1.58 bits per heavy atom. The van der Waals surface area contributed by atoms with Gasteiger partial charge in [0.1, 0.15) is 17.5 Å². The monoisotopic (exact) mass is 329 g/mol. The number of aromatic nitrogens is 4. The normalized spacial score (nSPS) is 17.5. The number of anilines is 1. The molecule has 2 aromatic rings. The standard InChI is InChI=1S/C14H15N7O3/c1-8-11(13(22)23)12(16)21(19-8)14-17-3-2-9(18-14)10-6-20(7-15)4-5-24-10/h2-3,10H,4-6,16H2,1H3,(H,22,23). The number of nitriles is 1. The molecule has 0 radical (unpaired) electrons. The van der Waals surface area contributed by atoms with E-state index in [0.29, 0.717) is 25.4 Å². The Morgan fingerprint density at radius 2 is 2.38 bits per heavy atom. The number of nitrogens with two attached hydrogens (primary N) is 1. The van der Waals surface area contributed by atoms with Gasteiger partial charge in [0.2, 0.25) is 0 Å². The van der Waals surface area contributed by atoms with Crippen LogP contribution in [0.5, 0.6) is 0 Å². The Bertz CT molecular complexity index is 826. The fourth-order valence-corrected chi connectivity index (χ4v) is 2.52. The van der Waals surface area contributed by atoms with E-state index in [1.54, 1.807) is 17.9 Å². The third kappa shape index (κ3) is 2.72. The van der Waals surface area contributed by atoms with E-state index in [9.17, 15) is 9.90 Å². The van der Waals surface area contributed by atoms with Crippen LogP contribution in [0, 0.1) is 18.4 Å². The van der Waals surface area contributed by atoms with Gasteiger partial charge in [0.25, 0.3) is 5.95 Å². The molecule has 2 aromatic heterocycles. The topological polar surface area (TPSA) is 143 Å². The summed E-state index contributed by atoms with van der Waals surface area (Å²) in [6.07, 6.45) is 3.23. The Balaban J connectivity index is 1.96. The van der Waals surface area contributed by atoms with E-state index in [1.807, 2.05) is 0 Å². The second kappa shape index (κ2) is 6.13. The first-order valence-electron chi connectivity index (χ1n) is 7.19. The van der Waals surface area contributed by atoms with Crippen molar-refractivity contribution in [1.29, 1.82) is 5.26 Å². The molecule has 10 heteroatoms. The number of hydrogen-bond donors (Lipinski definition) is 2. The van der Waals surface area contributed by atoms with Crippen LogP contribution in [0.4, 0.5) is 5.82 Å². The molecule has 0 aromatic carbocycles. The van der Waals surface area contributed by atoms with Gasteiger partial charge < -0.3 is 20.5 Å². The first-order valence-corrected chi connectivity index (χ1v) is 7.19. The van der Waals surface area contributed by atoms with Gasteiger partial charge in [0.15, 0.2) is 6.19 Å². The molecular weight excluding hydrogens is 314 g/mol. The Morgan fingerprint density at radius 3 is 3.04 bits per heavy atom. The average Bonchev–Trinajstić information content (AvgIpc) is 2.89. The fourth-order valence-electron chi connectivity index (χ4n) is 2.52. The molecule has 1 aliphatic heterocycles. The molecular formula is C14H15N7O3. The van der Waals surface area contributed by atoms with Crippen molar-refractivity contribution in [2.75, 3.05) is 25.4 Å². The van der Waals surface area contributed by atoms with Gasteiger partial charge in [-0.25, -0.2) is 14.8 Å². The lowest BCUT2D eigenvalue weighted by atomic mass is 10.2. The van der Waals surface area contributed by atoms with Gasteiger partial charge in [-0.15, -0.1) is 0 Å². The van der Waals surface area contributed by atoms with Crippen LogP contribution < -0.4 is 5.73 Å². The second-order valence-electron chi connectivity index (χ2n) is 5.25. The quantitative estimate of drug-likeness (QED) is 0.749. The van der Waals surface area contributed by atoms with E-state index in [-0.39, 0.29) is 29.1 Å². The number of nitrogen functional groups attached to an aromatic ring is 1. The second-order valence-corrected chi connectivity index (χ2v) is 5.25. The first-order chi connectivity index (χ1) is 11.5. The maximum atomic E-state index is 11.2. The van der Waals surface area contributed by atoms with Crippen molar-refractivity contribution < 1.29 is 14.6 Å². The zero-order valence-electron chi connectivity index (χ0n) is 12.9. The smallest absolute Gasteiger partial charge is 0.341 e. The lowest BCUT2D eigenvalue weighted by Crippen LogP contribution is -2.35. The number of hydrogen-bond acceptors (Lipinski definition) is 8. The van der Waals surface area contributed by atoms with Crippen LogP contribution in [-0.2, 0) is 4.74 Å². The summed E-state index contributed by atoms with van der Waals surface area (Å²) in [5.74, 6) is -1.05. The van der Waals surface area contributed by atoms with Gasteiger partial charge >= 0.3 is 5.97 Å². The van der Waals surface area contributed by atoms with Crippen LogP contribution >= 0.6 is 0 Å². The average molecular weight is 329 g/mol. The zero-order chi connectivity index (χ0) is 17.3. The minimum Gasteiger partial charge on any atom is -0.477 e. The number of ether oxygens (including phenoxy) is 1. The number of aromatic carboxylic acids is 1. The van der Waals surface area contributed by atoms with Gasteiger partial charge in [-0.1, -0.05) is 0 Å². The van der Waals surface area contributed by atoms with Crippen molar-refractivity contribution in [3.05, 3.63) is 29.2 Å². The summed E-state index contributed by atoms with van der Waals surface area (Å²) >= 11 is 0. The molecule has 0 saturated carbocycles. The number of nitrogens with zero attached hydrogens (tertiary/aromatic N) is 6. The van der Waals surface area contributed by atoms with Crippen molar-refractivity contribution in [1.82, 2.24) is 24.6 Å². The molecule has 0 aliphatic carbocycles. The van der Waals surface area contributed by atoms with Crippen LogP contribution in [0.3, 0.4) is 0 Å². The molecule has 3 N–H and O–H groups in total. The number of aryl methyl sites for hydroxylation is 1. The Hall–Kier alpha value is -3.19. The molecule has 3 heterocycles.